The first-order valence-electron chi connectivity index (χ1n) is 7.86. The zero-order valence-electron chi connectivity index (χ0n) is 13.9. The Kier molecular flexibility index (Phi) is 5.01. The molecule has 2 aromatic carbocycles. The van der Waals surface area contributed by atoms with Crippen molar-refractivity contribution in [2.45, 2.75) is 6.92 Å². The Balaban J connectivity index is 1.63. The summed E-state index contributed by atoms with van der Waals surface area (Å²) in [4.78, 5) is 25.1. The molecule has 2 aromatic rings. The normalized spacial score (nSPS) is 12.0. The lowest BCUT2D eigenvalue weighted by molar-refractivity contribution is -0.116. The van der Waals surface area contributed by atoms with Gasteiger partial charge in [0.05, 0.1) is 5.69 Å². The van der Waals surface area contributed by atoms with Crippen LogP contribution in [0.2, 0.25) is 0 Å². The Bertz CT molecular complexity index is 857. The monoisotopic (exact) mass is 362 g/mol. The van der Waals surface area contributed by atoms with Gasteiger partial charge in [-0.05, 0) is 30.3 Å². The minimum Gasteiger partial charge on any atom is -0.454 e. The Morgan fingerprint density at radius 2 is 1.88 bits per heavy atom. The summed E-state index contributed by atoms with van der Waals surface area (Å²) in [5.74, 6) is -1.32. The van der Waals surface area contributed by atoms with Gasteiger partial charge in [0, 0.05) is 31.6 Å². The number of amides is 2. The summed E-state index contributed by atoms with van der Waals surface area (Å²) in [7, 11) is 0. The van der Waals surface area contributed by atoms with Crippen LogP contribution in [0.25, 0.3) is 0 Å². The molecule has 26 heavy (non-hydrogen) atoms. The molecule has 1 aliphatic rings. The molecule has 0 aliphatic carbocycles. The van der Waals surface area contributed by atoms with Crippen LogP contribution in [-0.2, 0) is 4.79 Å². The van der Waals surface area contributed by atoms with Crippen LogP contribution in [0.15, 0.2) is 36.4 Å². The molecule has 2 amide bonds. The SMILES string of the molecule is CC(=O)N(CCNC(=O)c1ccc2c(c1)OCO2)c1ccc(F)cc1F. The van der Waals surface area contributed by atoms with Crippen molar-refractivity contribution in [3.63, 3.8) is 0 Å². The summed E-state index contributed by atoms with van der Waals surface area (Å²) in [6.07, 6.45) is 0. The number of hydrogen-bond acceptors (Lipinski definition) is 4. The highest BCUT2D eigenvalue weighted by atomic mass is 19.1. The maximum Gasteiger partial charge on any atom is 0.251 e. The van der Waals surface area contributed by atoms with E-state index in [1.54, 1.807) is 18.2 Å². The molecular weight excluding hydrogens is 346 g/mol. The van der Waals surface area contributed by atoms with Crippen molar-refractivity contribution < 1.29 is 27.8 Å². The molecule has 0 saturated carbocycles. The fraction of sp³-hybridized carbons (Fsp3) is 0.222. The molecule has 0 fully saturated rings. The van der Waals surface area contributed by atoms with Gasteiger partial charge >= 0.3 is 0 Å². The van der Waals surface area contributed by atoms with Crippen molar-refractivity contribution in [1.82, 2.24) is 5.32 Å². The van der Waals surface area contributed by atoms with Gasteiger partial charge < -0.3 is 19.7 Å². The van der Waals surface area contributed by atoms with Crippen molar-refractivity contribution >= 4 is 17.5 Å². The van der Waals surface area contributed by atoms with E-state index in [9.17, 15) is 18.4 Å². The lowest BCUT2D eigenvalue weighted by Crippen LogP contribution is -2.38. The zero-order valence-corrected chi connectivity index (χ0v) is 13.9. The van der Waals surface area contributed by atoms with Gasteiger partial charge in [-0.2, -0.15) is 0 Å². The number of fused-ring (bicyclic) bond motifs is 1. The first-order valence-corrected chi connectivity index (χ1v) is 7.86. The van der Waals surface area contributed by atoms with Crippen molar-refractivity contribution in [2.24, 2.45) is 0 Å². The topological polar surface area (TPSA) is 67.9 Å². The number of carbonyl (C=O) groups excluding carboxylic acids is 2. The molecule has 0 unspecified atom stereocenters. The van der Waals surface area contributed by atoms with E-state index >= 15 is 0 Å². The maximum atomic E-state index is 13.9. The minimum atomic E-state index is -0.845. The van der Waals surface area contributed by atoms with Gasteiger partial charge in [0.25, 0.3) is 5.91 Å². The largest absolute Gasteiger partial charge is 0.454 e. The zero-order chi connectivity index (χ0) is 18.7. The summed E-state index contributed by atoms with van der Waals surface area (Å²) < 4.78 is 37.3. The van der Waals surface area contributed by atoms with Crippen LogP contribution in [-0.4, -0.2) is 31.7 Å². The fourth-order valence-corrected chi connectivity index (χ4v) is 2.57. The summed E-state index contributed by atoms with van der Waals surface area (Å²) in [5, 5.41) is 2.65. The van der Waals surface area contributed by atoms with Crippen LogP contribution in [0.3, 0.4) is 0 Å². The predicted octanol–water partition coefficient (Wildman–Crippen LogP) is 2.48. The number of benzene rings is 2. The third-order valence-corrected chi connectivity index (χ3v) is 3.84. The molecule has 0 bridgehead atoms. The minimum absolute atomic E-state index is 0.0359. The van der Waals surface area contributed by atoms with Crippen LogP contribution >= 0.6 is 0 Å². The van der Waals surface area contributed by atoms with Crippen molar-refractivity contribution in [2.75, 3.05) is 24.8 Å². The first-order chi connectivity index (χ1) is 12.5. The lowest BCUT2D eigenvalue weighted by atomic mass is 10.2. The number of hydrogen-bond donors (Lipinski definition) is 1. The molecule has 3 rings (SSSR count). The third-order valence-electron chi connectivity index (χ3n) is 3.84. The van der Waals surface area contributed by atoms with Gasteiger partial charge in [0.15, 0.2) is 11.5 Å². The quantitative estimate of drug-likeness (QED) is 0.887. The number of carbonyl (C=O) groups is 2. The number of ether oxygens (including phenoxy) is 2. The molecular formula is C18H16F2N2O4. The number of halogens is 2. The third kappa shape index (κ3) is 3.74. The van der Waals surface area contributed by atoms with E-state index in [0.717, 1.165) is 11.0 Å². The average molecular weight is 362 g/mol. The summed E-state index contributed by atoms with van der Waals surface area (Å²) in [5.41, 5.74) is 0.327. The number of nitrogens with zero attached hydrogens (tertiary/aromatic N) is 1. The van der Waals surface area contributed by atoms with Crippen LogP contribution in [0.4, 0.5) is 14.5 Å². The lowest BCUT2D eigenvalue weighted by Gasteiger charge is -2.22. The van der Waals surface area contributed by atoms with Crippen molar-refractivity contribution in [3.8, 4) is 11.5 Å². The van der Waals surface area contributed by atoms with Crippen molar-refractivity contribution in [1.29, 1.82) is 0 Å². The highest BCUT2D eigenvalue weighted by molar-refractivity contribution is 5.95. The second kappa shape index (κ2) is 7.38. The van der Waals surface area contributed by atoms with E-state index < -0.39 is 17.5 Å². The van der Waals surface area contributed by atoms with Gasteiger partial charge in [0.1, 0.15) is 11.6 Å². The van der Waals surface area contributed by atoms with E-state index in [1.165, 1.54) is 13.0 Å². The molecule has 1 aliphatic heterocycles. The molecule has 0 radical (unpaired) electrons. The van der Waals surface area contributed by atoms with Gasteiger partial charge in [-0.3, -0.25) is 9.59 Å². The average Bonchev–Trinajstić information content (AvgIpc) is 3.06. The molecule has 0 atom stereocenters. The van der Waals surface area contributed by atoms with Gasteiger partial charge in [-0.15, -0.1) is 0 Å². The smallest absolute Gasteiger partial charge is 0.251 e. The Hall–Kier alpha value is -3.16. The molecule has 0 aromatic heterocycles. The molecule has 8 heteroatoms. The summed E-state index contributed by atoms with van der Waals surface area (Å²) >= 11 is 0. The predicted molar refractivity (Wildman–Crippen MR) is 89.3 cm³/mol. The first kappa shape index (κ1) is 17.7. The highest BCUT2D eigenvalue weighted by Gasteiger charge is 2.18. The van der Waals surface area contributed by atoms with E-state index in [0.29, 0.717) is 23.1 Å². The Morgan fingerprint density at radius 1 is 1.12 bits per heavy atom. The molecule has 1 N–H and O–H groups in total. The van der Waals surface area contributed by atoms with Crippen LogP contribution < -0.4 is 19.7 Å². The molecule has 136 valence electrons. The molecule has 1 heterocycles. The summed E-state index contributed by atoms with van der Waals surface area (Å²) in [6.45, 7) is 1.50. The fourth-order valence-electron chi connectivity index (χ4n) is 2.57. The van der Waals surface area contributed by atoms with Crippen molar-refractivity contribution in [3.05, 3.63) is 53.6 Å². The molecule has 0 spiro atoms. The standard InChI is InChI=1S/C18H16F2N2O4/c1-11(23)22(15-4-3-13(19)9-14(15)20)7-6-21-18(24)12-2-5-16-17(8-12)26-10-25-16/h2-5,8-9H,6-7,10H2,1H3,(H,21,24). The second-order valence-corrected chi connectivity index (χ2v) is 5.59. The number of anilines is 1. The van der Waals surface area contributed by atoms with E-state index in [4.69, 9.17) is 9.47 Å². The second-order valence-electron chi connectivity index (χ2n) is 5.59. The van der Waals surface area contributed by atoms with Gasteiger partial charge in [-0.1, -0.05) is 0 Å². The van der Waals surface area contributed by atoms with Crippen LogP contribution in [0, 0.1) is 11.6 Å². The Labute approximate surface area is 148 Å². The van der Waals surface area contributed by atoms with Crippen LogP contribution in [0.5, 0.6) is 11.5 Å². The van der Waals surface area contributed by atoms with E-state index in [2.05, 4.69) is 5.32 Å². The maximum absolute atomic E-state index is 13.9. The number of rotatable bonds is 5. The Morgan fingerprint density at radius 3 is 2.62 bits per heavy atom. The van der Waals surface area contributed by atoms with E-state index in [-0.39, 0.29) is 31.5 Å². The summed E-state index contributed by atoms with van der Waals surface area (Å²) in [6, 6.07) is 7.74. The molecule has 0 saturated heterocycles. The number of nitrogens with one attached hydrogen (secondary N) is 1. The van der Waals surface area contributed by atoms with Gasteiger partial charge in [0.2, 0.25) is 12.7 Å². The molecule has 6 nitrogen and oxygen atoms in total. The van der Waals surface area contributed by atoms with Gasteiger partial charge in [-0.25, -0.2) is 8.78 Å². The van der Waals surface area contributed by atoms with E-state index in [1.807, 2.05) is 0 Å². The van der Waals surface area contributed by atoms with Crippen LogP contribution in [0.1, 0.15) is 17.3 Å². The highest BCUT2D eigenvalue weighted by Crippen LogP contribution is 2.32.